The average Bonchev–Trinajstić information content (AvgIpc) is 3.29. The third kappa shape index (κ3) is 3.93. The number of pyridine rings is 1. The summed E-state index contributed by atoms with van der Waals surface area (Å²) in [5, 5.41) is 9.48. The summed E-state index contributed by atoms with van der Waals surface area (Å²) in [5.74, 6) is 1.36. The van der Waals surface area contributed by atoms with Gasteiger partial charge in [-0.1, -0.05) is 0 Å². The molecule has 3 heterocycles. The summed E-state index contributed by atoms with van der Waals surface area (Å²) in [5.41, 5.74) is 2.17. The van der Waals surface area contributed by atoms with Crippen LogP contribution in [0.3, 0.4) is 0 Å². The number of thiazole rings is 1. The lowest BCUT2D eigenvalue weighted by atomic mass is 10.1. The highest BCUT2D eigenvalue weighted by molar-refractivity contribution is 7.14. The number of nitrogens with one attached hydrogen (secondary N) is 2. The van der Waals surface area contributed by atoms with Crippen molar-refractivity contribution in [2.75, 3.05) is 19.0 Å². The standard InChI is InChI=1S/C20H22N4O3S/c1-11-6-14(9-21-11)27-19-8-17(18-10-28-20(24-18)22-12(2)25)23-16-7-13(26-3)4-5-15(16)19/h4-5,7-8,10-11,14,21H,6,9H2,1-3H3,(H,22,24,25). The van der Waals surface area contributed by atoms with Gasteiger partial charge in [0.1, 0.15) is 23.3 Å². The number of amides is 1. The maximum absolute atomic E-state index is 11.3. The van der Waals surface area contributed by atoms with Crippen molar-refractivity contribution in [3.05, 3.63) is 29.6 Å². The minimum absolute atomic E-state index is 0.112. The van der Waals surface area contributed by atoms with Crippen LogP contribution in [-0.4, -0.2) is 41.7 Å². The fraction of sp³-hybridized carbons (Fsp3) is 0.350. The van der Waals surface area contributed by atoms with Gasteiger partial charge < -0.3 is 20.1 Å². The van der Waals surface area contributed by atoms with Crippen LogP contribution in [0.5, 0.6) is 11.5 Å². The van der Waals surface area contributed by atoms with Crippen LogP contribution in [0.4, 0.5) is 5.13 Å². The summed E-state index contributed by atoms with van der Waals surface area (Å²) in [6, 6.07) is 8.13. The number of hydrogen-bond acceptors (Lipinski definition) is 7. The first-order valence-corrected chi connectivity index (χ1v) is 10.0. The summed E-state index contributed by atoms with van der Waals surface area (Å²) in [6.07, 6.45) is 1.07. The Hall–Kier alpha value is -2.71. The molecule has 0 saturated carbocycles. The molecule has 28 heavy (non-hydrogen) atoms. The zero-order chi connectivity index (χ0) is 19.7. The maximum Gasteiger partial charge on any atom is 0.223 e. The van der Waals surface area contributed by atoms with E-state index in [0.717, 1.165) is 35.4 Å². The quantitative estimate of drug-likeness (QED) is 0.685. The van der Waals surface area contributed by atoms with E-state index in [1.807, 2.05) is 29.6 Å². The van der Waals surface area contributed by atoms with Crippen molar-refractivity contribution in [2.45, 2.75) is 32.4 Å². The first-order chi connectivity index (χ1) is 13.5. The summed E-state index contributed by atoms with van der Waals surface area (Å²) in [6.45, 7) is 4.44. The van der Waals surface area contributed by atoms with E-state index < -0.39 is 0 Å². The highest BCUT2D eigenvalue weighted by atomic mass is 32.1. The molecule has 1 aromatic carbocycles. The Morgan fingerprint density at radius 2 is 2.14 bits per heavy atom. The van der Waals surface area contributed by atoms with Gasteiger partial charge in [-0.25, -0.2) is 9.97 Å². The van der Waals surface area contributed by atoms with Crippen LogP contribution in [-0.2, 0) is 4.79 Å². The van der Waals surface area contributed by atoms with E-state index in [4.69, 9.17) is 14.5 Å². The number of aromatic nitrogens is 2. The van der Waals surface area contributed by atoms with E-state index in [0.29, 0.717) is 22.6 Å². The fourth-order valence-electron chi connectivity index (χ4n) is 3.29. The Morgan fingerprint density at radius 1 is 1.29 bits per heavy atom. The molecule has 8 heteroatoms. The maximum atomic E-state index is 11.3. The van der Waals surface area contributed by atoms with Gasteiger partial charge in [0.25, 0.3) is 0 Å². The molecule has 0 radical (unpaired) electrons. The monoisotopic (exact) mass is 398 g/mol. The Bertz CT molecular complexity index is 1020. The van der Waals surface area contributed by atoms with Crippen LogP contribution in [0.25, 0.3) is 22.3 Å². The van der Waals surface area contributed by atoms with Crippen LogP contribution >= 0.6 is 11.3 Å². The lowest BCUT2D eigenvalue weighted by Gasteiger charge is -2.16. The van der Waals surface area contributed by atoms with Crippen molar-refractivity contribution >= 4 is 33.3 Å². The molecule has 0 aliphatic carbocycles. The summed E-state index contributed by atoms with van der Waals surface area (Å²) in [4.78, 5) is 20.5. The zero-order valence-corrected chi connectivity index (χ0v) is 16.8. The Kier molecular flexibility index (Phi) is 5.15. The molecular formula is C20H22N4O3S. The molecule has 0 spiro atoms. The Balaban J connectivity index is 1.75. The molecule has 2 unspecified atom stereocenters. The van der Waals surface area contributed by atoms with Crippen molar-refractivity contribution < 1.29 is 14.3 Å². The Morgan fingerprint density at radius 3 is 2.86 bits per heavy atom. The van der Waals surface area contributed by atoms with Crippen LogP contribution in [0.1, 0.15) is 20.3 Å². The highest BCUT2D eigenvalue weighted by Crippen LogP contribution is 2.34. The van der Waals surface area contributed by atoms with Gasteiger partial charge in [-0.3, -0.25) is 4.79 Å². The van der Waals surface area contributed by atoms with Crippen LogP contribution in [0.2, 0.25) is 0 Å². The van der Waals surface area contributed by atoms with Crippen molar-refractivity contribution in [2.24, 2.45) is 0 Å². The van der Waals surface area contributed by atoms with Gasteiger partial charge in [0.05, 0.1) is 18.3 Å². The molecule has 0 bridgehead atoms. The molecule has 2 N–H and O–H groups in total. The van der Waals surface area contributed by atoms with Crippen LogP contribution < -0.4 is 20.1 Å². The van der Waals surface area contributed by atoms with Crippen molar-refractivity contribution in [3.63, 3.8) is 0 Å². The van der Waals surface area contributed by atoms with Crippen molar-refractivity contribution in [1.82, 2.24) is 15.3 Å². The molecule has 1 fully saturated rings. The average molecular weight is 398 g/mol. The predicted octanol–water partition coefficient (Wildman–Crippen LogP) is 3.45. The number of rotatable bonds is 5. The molecule has 4 rings (SSSR count). The first-order valence-electron chi connectivity index (χ1n) is 9.14. The van der Waals surface area contributed by atoms with E-state index in [2.05, 4.69) is 22.5 Å². The molecular weight excluding hydrogens is 376 g/mol. The largest absolute Gasteiger partial charge is 0.497 e. The molecule has 3 aromatic rings. The van der Waals surface area contributed by atoms with Gasteiger partial charge in [0.15, 0.2) is 5.13 Å². The van der Waals surface area contributed by atoms with E-state index in [1.165, 1.54) is 18.3 Å². The van der Waals surface area contributed by atoms with Crippen LogP contribution in [0, 0.1) is 0 Å². The van der Waals surface area contributed by atoms with Gasteiger partial charge >= 0.3 is 0 Å². The minimum atomic E-state index is -0.149. The molecule has 2 atom stereocenters. The molecule has 1 aliphatic rings. The van der Waals surface area contributed by atoms with Gasteiger partial charge in [-0.15, -0.1) is 11.3 Å². The minimum Gasteiger partial charge on any atom is -0.497 e. The van der Waals surface area contributed by atoms with Gasteiger partial charge in [-0.2, -0.15) is 0 Å². The molecule has 1 saturated heterocycles. The predicted molar refractivity (Wildman–Crippen MR) is 110 cm³/mol. The number of hydrogen-bond donors (Lipinski definition) is 2. The number of fused-ring (bicyclic) bond motifs is 1. The summed E-state index contributed by atoms with van der Waals surface area (Å²) < 4.78 is 11.7. The number of nitrogens with zero attached hydrogens (tertiary/aromatic N) is 2. The smallest absolute Gasteiger partial charge is 0.223 e. The lowest BCUT2D eigenvalue weighted by molar-refractivity contribution is -0.114. The SMILES string of the molecule is COc1ccc2c(OC3CNC(C)C3)cc(-c3csc(NC(C)=O)n3)nc2c1. The number of ether oxygens (including phenoxy) is 2. The normalized spacial score (nSPS) is 19.0. The molecule has 2 aromatic heterocycles. The van der Waals surface area contributed by atoms with E-state index >= 15 is 0 Å². The van der Waals surface area contributed by atoms with Gasteiger partial charge in [0, 0.05) is 48.8 Å². The molecule has 146 valence electrons. The number of anilines is 1. The lowest BCUT2D eigenvalue weighted by Crippen LogP contribution is -2.20. The summed E-state index contributed by atoms with van der Waals surface area (Å²) in [7, 11) is 1.63. The third-order valence-corrected chi connectivity index (χ3v) is 5.39. The second kappa shape index (κ2) is 7.73. The van der Waals surface area contributed by atoms with E-state index in [1.54, 1.807) is 7.11 Å². The molecule has 1 amide bonds. The van der Waals surface area contributed by atoms with Crippen molar-refractivity contribution in [1.29, 1.82) is 0 Å². The highest BCUT2D eigenvalue weighted by Gasteiger charge is 2.23. The fourth-order valence-corrected chi connectivity index (χ4v) is 4.04. The number of carbonyl (C=O) groups is 1. The van der Waals surface area contributed by atoms with Crippen LogP contribution in [0.15, 0.2) is 29.6 Å². The topological polar surface area (TPSA) is 85.4 Å². The molecule has 7 nitrogen and oxygen atoms in total. The van der Waals surface area contributed by atoms with Gasteiger partial charge in [0.2, 0.25) is 5.91 Å². The second-order valence-corrected chi connectivity index (χ2v) is 7.75. The zero-order valence-electron chi connectivity index (χ0n) is 16.0. The first kappa shape index (κ1) is 18.6. The number of carbonyl (C=O) groups excluding carboxylic acids is 1. The van der Waals surface area contributed by atoms with E-state index in [9.17, 15) is 4.79 Å². The number of methoxy groups -OCH3 is 1. The number of benzene rings is 1. The third-order valence-electron chi connectivity index (χ3n) is 4.63. The molecule has 1 aliphatic heterocycles. The van der Waals surface area contributed by atoms with Crippen molar-refractivity contribution in [3.8, 4) is 22.9 Å². The second-order valence-electron chi connectivity index (χ2n) is 6.89. The van der Waals surface area contributed by atoms with E-state index in [-0.39, 0.29) is 12.0 Å². The Labute approximate surface area is 167 Å². The summed E-state index contributed by atoms with van der Waals surface area (Å²) >= 11 is 1.37. The van der Waals surface area contributed by atoms with Gasteiger partial charge in [-0.05, 0) is 19.1 Å².